The fourth-order valence-corrected chi connectivity index (χ4v) is 3.21. The van der Waals surface area contributed by atoms with Crippen LogP contribution in [0.1, 0.15) is 26.2 Å². The minimum atomic E-state index is 0.738. The molecule has 1 unspecified atom stereocenters. The molecule has 100 valence electrons. The molecule has 0 saturated heterocycles. The summed E-state index contributed by atoms with van der Waals surface area (Å²) in [5, 5.41) is 5.48. The molecule has 0 radical (unpaired) electrons. The number of rotatable bonds is 3. The smallest absolute Gasteiger partial charge is 0.0737 e. The molecule has 2 aromatic rings. The Kier molecular flexibility index (Phi) is 3.61. The number of fused-ring (bicyclic) bond motifs is 1. The number of halogens is 1. The van der Waals surface area contributed by atoms with Gasteiger partial charge in [-0.3, -0.25) is 4.98 Å². The van der Waals surface area contributed by atoms with Crippen molar-refractivity contribution < 1.29 is 0 Å². The molecular formula is C16H19ClN2. The predicted octanol–water partition coefficient (Wildman–Crippen LogP) is 4.74. The molecule has 1 N–H and O–H groups in total. The molecule has 2 atom stereocenters. The van der Waals surface area contributed by atoms with E-state index in [0.29, 0.717) is 0 Å². The second-order valence-electron chi connectivity index (χ2n) is 5.69. The molecule has 3 rings (SSSR count). The van der Waals surface area contributed by atoms with Crippen LogP contribution in [0.2, 0.25) is 5.02 Å². The van der Waals surface area contributed by atoms with Crippen LogP contribution in [0.3, 0.4) is 0 Å². The summed E-state index contributed by atoms with van der Waals surface area (Å²) in [4.78, 5) is 4.37. The topological polar surface area (TPSA) is 24.9 Å². The molecule has 0 amide bonds. The lowest BCUT2D eigenvalue weighted by atomic mass is 10.1. The van der Waals surface area contributed by atoms with E-state index < -0.39 is 0 Å². The first kappa shape index (κ1) is 12.7. The SMILES string of the molecule is C[C@H]1CCC(CNc2ccnc3cc(Cl)ccc23)C1. The van der Waals surface area contributed by atoms with E-state index in [-0.39, 0.29) is 0 Å². The van der Waals surface area contributed by atoms with Gasteiger partial charge in [0.1, 0.15) is 0 Å². The average Bonchev–Trinajstić information content (AvgIpc) is 2.81. The summed E-state index contributed by atoms with van der Waals surface area (Å²) in [6, 6.07) is 7.94. The third-order valence-electron chi connectivity index (χ3n) is 4.09. The van der Waals surface area contributed by atoms with Gasteiger partial charge in [-0.1, -0.05) is 24.9 Å². The summed E-state index contributed by atoms with van der Waals surface area (Å²) in [5.41, 5.74) is 2.12. The summed E-state index contributed by atoms with van der Waals surface area (Å²) in [6.07, 6.45) is 5.92. The maximum absolute atomic E-state index is 6.01. The van der Waals surface area contributed by atoms with Gasteiger partial charge in [0, 0.05) is 28.8 Å². The van der Waals surface area contributed by atoms with Gasteiger partial charge >= 0.3 is 0 Å². The Hall–Kier alpha value is -1.28. The Labute approximate surface area is 119 Å². The lowest BCUT2D eigenvalue weighted by Gasteiger charge is -2.14. The third-order valence-corrected chi connectivity index (χ3v) is 4.32. The highest BCUT2D eigenvalue weighted by atomic mass is 35.5. The van der Waals surface area contributed by atoms with Gasteiger partial charge in [0.15, 0.2) is 0 Å². The van der Waals surface area contributed by atoms with Gasteiger partial charge < -0.3 is 5.32 Å². The van der Waals surface area contributed by atoms with Gasteiger partial charge in [-0.05, 0) is 48.9 Å². The minimum Gasteiger partial charge on any atom is -0.384 e. The molecule has 1 aromatic heterocycles. The van der Waals surface area contributed by atoms with Gasteiger partial charge in [-0.25, -0.2) is 0 Å². The fourth-order valence-electron chi connectivity index (χ4n) is 3.04. The van der Waals surface area contributed by atoms with Gasteiger partial charge in [-0.2, -0.15) is 0 Å². The summed E-state index contributed by atoms with van der Waals surface area (Å²) < 4.78 is 0. The molecule has 1 fully saturated rings. The van der Waals surface area contributed by atoms with Crippen molar-refractivity contribution >= 4 is 28.2 Å². The quantitative estimate of drug-likeness (QED) is 0.875. The fraction of sp³-hybridized carbons (Fsp3) is 0.438. The maximum atomic E-state index is 6.01. The highest BCUT2D eigenvalue weighted by Gasteiger charge is 2.20. The Morgan fingerprint density at radius 3 is 3.00 bits per heavy atom. The second kappa shape index (κ2) is 5.38. The standard InChI is InChI=1S/C16H19ClN2/c1-11-2-3-12(8-11)10-19-15-6-7-18-16-9-13(17)4-5-14(15)16/h4-7,9,11-12H,2-3,8,10H2,1H3,(H,18,19)/t11-,12?/m0/s1. The maximum Gasteiger partial charge on any atom is 0.0737 e. The summed E-state index contributed by atoms with van der Waals surface area (Å²) in [6.45, 7) is 3.41. The zero-order chi connectivity index (χ0) is 13.2. The summed E-state index contributed by atoms with van der Waals surface area (Å²) in [7, 11) is 0. The van der Waals surface area contributed by atoms with E-state index in [0.717, 1.165) is 34.3 Å². The van der Waals surface area contributed by atoms with Crippen molar-refractivity contribution in [1.82, 2.24) is 4.98 Å². The van der Waals surface area contributed by atoms with Gasteiger partial charge in [0.2, 0.25) is 0 Å². The zero-order valence-electron chi connectivity index (χ0n) is 11.2. The van der Waals surface area contributed by atoms with Crippen molar-refractivity contribution in [2.24, 2.45) is 11.8 Å². The van der Waals surface area contributed by atoms with E-state index >= 15 is 0 Å². The summed E-state index contributed by atoms with van der Waals surface area (Å²) >= 11 is 6.01. The lowest BCUT2D eigenvalue weighted by Crippen LogP contribution is -2.11. The van der Waals surface area contributed by atoms with Crippen LogP contribution in [0.15, 0.2) is 30.5 Å². The van der Waals surface area contributed by atoms with Gasteiger partial charge in [-0.15, -0.1) is 0 Å². The number of benzene rings is 1. The monoisotopic (exact) mass is 274 g/mol. The molecule has 0 spiro atoms. The molecule has 1 aliphatic rings. The molecule has 3 heteroatoms. The number of hydrogen-bond acceptors (Lipinski definition) is 2. The largest absolute Gasteiger partial charge is 0.384 e. The highest BCUT2D eigenvalue weighted by Crippen LogP contribution is 2.31. The van der Waals surface area contributed by atoms with Crippen LogP contribution in [-0.4, -0.2) is 11.5 Å². The van der Waals surface area contributed by atoms with E-state index in [1.165, 1.54) is 24.9 Å². The van der Waals surface area contributed by atoms with E-state index in [1.54, 1.807) is 0 Å². The minimum absolute atomic E-state index is 0.738. The van der Waals surface area contributed by atoms with Gasteiger partial charge in [0.25, 0.3) is 0 Å². The number of pyridine rings is 1. The molecule has 1 heterocycles. The van der Waals surface area contributed by atoms with E-state index in [4.69, 9.17) is 11.6 Å². The van der Waals surface area contributed by atoms with Crippen LogP contribution < -0.4 is 5.32 Å². The van der Waals surface area contributed by atoms with Crippen LogP contribution >= 0.6 is 11.6 Å². The van der Waals surface area contributed by atoms with Crippen LogP contribution in [0.5, 0.6) is 0 Å². The molecule has 1 saturated carbocycles. The lowest BCUT2D eigenvalue weighted by molar-refractivity contribution is 0.537. The zero-order valence-corrected chi connectivity index (χ0v) is 12.0. The Morgan fingerprint density at radius 2 is 2.21 bits per heavy atom. The number of aromatic nitrogens is 1. The normalized spacial score (nSPS) is 22.8. The van der Waals surface area contributed by atoms with Crippen molar-refractivity contribution in [2.75, 3.05) is 11.9 Å². The first-order chi connectivity index (χ1) is 9.22. The number of anilines is 1. The van der Waals surface area contributed by atoms with Crippen molar-refractivity contribution in [2.45, 2.75) is 26.2 Å². The Bertz CT molecular complexity index is 582. The van der Waals surface area contributed by atoms with Crippen molar-refractivity contribution in [3.8, 4) is 0 Å². The van der Waals surface area contributed by atoms with Crippen molar-refractivity contribution in [3.63, 3.8) is 0 Å². The van der Waals surface area contributed by atoms with Crippen LogP contribution in [0.4, 0.5) is 5.69 Å². The molecule has 1 aliphatic carbocycles. The Balaban J connectivity index is 1.77. The van der Waals surface area contributed by atoms with E-state index in [2.05, 4.69) is 23.3 Å². The van der Waals surface area contributed by atoms with Crippen LogP contribution in [0, 0.1) is 11.8 Å². The van der Waals surface area contributed by atoms with Crippen LogP contribution in [-0.2, 0) is 0 Å². The van der Waals surface area contributed by atoms with E-state index in [1.807, 2.05) is 24.4 Å². The van der Waals surface area contributed by atoms with Gasteiger partial charge in [0.05, 0.1) is 5.52 Å². The third kappa shape index (κ3) is 2.84. The number of nitrogens with zero attached hydrogens (tertiary/aromatic N) is 1. The molecular weight excluding hydrogens is 256 g/mol. The Morgan fingerprint density at radius 1 is 1.32 bits per heavy atom. The average molecular weight is 275 g/mol. The molecule has 0 bridgehead atoms. The molecule has 2 nitrogen and oxygen atoms in total. The predicted molar refractivity (Wildman–Crippen MR) is 81.7 cm³/mol. The molecule has 0 aliphatic heterocycles. The number of hydrogen-bond donors (Lipinski definition) is 1. The summed E-state index contributed by atoms with van der Waals surface area (Å²) in [5.74, 6) is 1.70. The highest BCUT2D eigenvalue weighted by molar-refractivity contribution is 6.31. The molecule has 19 heavy (non-hydrogen) atoms. The van der Waals surface area contributed by atoms with Crippen molar-refractivity contribution in [3.05, 3.63) is 35.5 Å². The molecule has 1 aromatic carbocycles. The first-order valence-electron chi connectivity index (χ1n) is 7.00. The number of nitrogens with one attached hydrogen (secondary N) is 1. The van der Waals surface area contributed by atoms with E-state index in [9.17, 15) is 0 Å². The van der Waals surface area contributed by atoms with Crippen LogP contribution in [0.25, 0.3) is 10.9 Å². The second-order valence-corrected chi connectivity index (χ2v) is 6.12. The van der Waals surface area contributed by atoms with Crippen molar-refractivity contribution in [1.29, 1.82) is 0 Å². The first-order valence-corrected chi connectivity index (χ1v) is 7.38.